The van der Waals surface area contributed by atoms with Crippen LogP contribution in [0.25, 0.3) is 22.2 Å². The molecule has 1 aromatic heterocycles. The number of piperidine rings is 1. The topological polar surface area (TPSA) is 49.9 Å². The van der Waals surface area contributed by atoms with E-state index >= 15 is 0 Å². The number of anilines is 1. The summed E-state index contributed by atoms with van der Waals surface area (Å²) in [6, 6.07) is 13.4. The molecule has 0 atom stereocenters. The maximum Gasteiger partial charge on any atom is 0.165 e. The molecule has 0 radical (unpaired) electrons. The minimum Gasteiger partial charge on any atom is -0.494 e. The molecule has 6 nitrogen and oxygen atoms in total. The summed E-state index contributed by atoms with van der Waals surface area (Å²) in [5, 5.41) is 3.90. The molecule has 2 fully saturated rings. The van der Waals surface area contributed by atoms with Crippen LogP contribution in [0, 0.1) is 11.2 Å². The van der Waals surface area contributed by atoms with Crippen molar-refractivity contribution >= 4 is 16.6 Å². The van der Waals surface area contributed by atoms with E-state index in [9.17, 15) is 4.39 Å². The number of hydrogen-bond acceptors (Lipinski definition) is 6. The molecule has 2 aromatic carbocycles. The fourth-order valence-corrected chi connectivity index (χ4v) is 5.41. The number of methoxy groups -OCH3 is 1. The molecule has 2 aliphatic rings. The van der Waals surface area contributed by atoms with Gasteiger partial charge in [0.15, 0.2) is 11.6 Å². The van der Waals surface area contributed by atoms with Crippen LogP contribution in [0.5, 0.6) is 11.5 Å². The highest BCUT2D eigenvalue weighted by Gasteiger charge is 2.45. The first-order chi connectivity index (χ1) is 16.5. The molecule has 3 aromatic rings. The Hall–Kier alpha value is -2.90. The van der Waals surface area contributed by atoms with Crippen molar-refractivity contribution in [2.75, 3.05) is 65.4 Å². The maximum atomic E-state index is 14.7. The van der Waals surface area contributed by atoms with Crippen molar-refractivity contribution in [3.63, 3.8) is 0 Å². The highest BCUT2D eigenvalue weighted by molar-refractivity contribution is 5.95. The lowest BCUT2D eigenvalue weighted by Gasteiger charge is -2.55. The first-order valence-corrected chi connectivity index (χ1v) is 12.0. The first kappa shape index (κ1) is 22.9. The third-order valence-corrected chi connectivity index (χ3v) is 7.08. The van der Waals surface area contributed by atoms with E-state index in [0.29, 0.717) is 12.0 Å². The van der Waals surface area contributed by atoms with Crippen molar-refractivity contribution in [3.8, 4) is 22.8 Å². The maximum absolute atomic E-state index is 14.7. The molecular weight excluding hydrogens is 431 g/mol. The number of rotatable bonds is 7. The van der Waals surface area contributed by atoms with E-state index in [4.69, 9.17) is 14.5 Å². The smallest absolute Gasteiger partial charge is 0.165 e. The first-order valence-electron chi connectivity index (χ1n) is 12.0. The summed E-state index contributed by atoms with van der Waals surface area (Å²) >= 11 is 0. The summed E-state index contributed by atoms with van der Waals surface area (Å²) in [6.45, 7) is 5.68. The number of ether oxygens (including phenoxy) is 2. The normalized spacial score (nSPS) is 17.7. The van der Waals surface area contributed by atoms with Gasteiger partial charge in [-0.3, -0.25) is 0 Å². The Balaban J connectivity index is 1.49. The van der Waals surface area contributed by atoms with Crippen LogP contribution in [-0.2, 0) is 0 Å². The fourth-order valence-electron chi connectivity index (χ4n) is 5.41. The lowest BCUT2D eigenvalue weighted by molar-refractivity contribution is 0.0785. The summed E-state index contributed by atoms with van der Waals surface area (Å²) in [7, 11) is 5.60. The van der Waals surface area contributed by atoms with Crippen LogP contribution in [-0.4, -0.2) is 70.4 Å². The van der Waals surface area contributed by atoms with Gasteiger partial charge in [-0.15, -0.1) is 0 Å². The number of benzene rings is 2. The largest absolute Gasteiger partial charge is 0.494 e. The summed E-state index contributed by atoms with van der Waals surface area (Å²) in [5.41, 5.74) is 3.97. The third kappa shape index (κ3) is 4.42. The van der Waals surface area contributed by atoms with E-state index in [0.717, 1.165) is 59.8 Å². The van der Waals surface area contributed by atoms with E-state index in [1.807, 2.05) is 31.3 Å². The molecule has 2 aliphatic heterocycles. The van der Waals surface area contributed by atoms with Gasteiger partial charge < -0.3 is 24.6 Å². The monoisotopic (exact) mass is 464 g/mol. The lowest BCUT2D eigenvalue weighted by atomic mass is 9.73. The van der Waals surface area contributed by atoms with Crippen LogP contribution in [0.4, 0.5) is 10.1 Å². The number of fused-ring (bicyclic) bond motifs is 1. The van der Waals surface area contributed by atoms with Crippen LogP contribution in [0.15, 0.2) is 42.5 Å². The van der Waals surface area contributed by atoms with Crippen molar-refractivity contribution < 1.29 is 13.9 Å². The number of pyridine rings is 1. The molecule has 5 rings (SSSR count). The van der Waals surface area contributed by atoms with Crippen molar-refractivity contribution in [3.05, 3.63) is 48.3 Å². The van der Waals surface area contributed by atoms with Gasteiger partial charge in [0.1, 0.15) is 12.4 Å². The number of nitrogens with one attached hydrogen (secondary N) is 1. The average molecular weight is 465 g/mol. The number of likely N-dealkylation sites (tertiary alicyclic amines) is 1. The number of nitrogens with zero attached hydrogens (tertiary/aromatic N) is 3. The number of likely N-dealkylation sites (N-methyl/N-ethyl adjacent to an activating group) is 1. The zero-order valence-corrected chi connectivity index (χ0v) is 20.2. The summed E-state index contributed by atoms with van der Waals surface area (Å²) in [4.78, 5) is 9.70. The predicted molar refractivity (Wildman–Crippen MR) is 134 cm³/mol. The van der Waals surface area contributed by atoms with Gasteiger partial charge in [0, 0.05) is 54.3 Å². The zero-order chi connectivity index (χ0) is 23.7. The van der Waals surface area contributed by atoms with Crippen molar-refractivity contribution in [2.45, 2.75) is 12.8 Å². The Morgan fingerprint density at radius 2 is 1.91 bits per heavy atom. The van der Waals surface area contributed by atoms with Gasteiger partial charge in [-0.2, -0.15) is 0 Å². The molecule has 2 saturated heterocycles. The predicted octanol–water partition coefficient (Wildman–Crippen LogP) is 4.18. The summed E-state index contributed by atoms with van der Waals surface area (Å²) in [6.07, 6.45) is 2.49. The van der Waals surface area contributed by atoms with E-state index in [-0.39, 0.29) is 11.6 Å². The summed E-state index contributed by atoms with van der Waals surface area (Å²) in [5.74, 6) is 0.682. The zero-order valence-electron chi connectivity index (χ0n) is 20.2. The number of halogens is 1. The summed E-state index contributed by atoms with van der Waals surface area (Å²) < 4.78 is 25.7. The van der Waals surface area contributed by atoms with Crippen molar-refractivity contribution in [1.29, 1.82) is 0 Å². The van der Waals surface area contributed by atoms with Crippen molar-refractivity contribution in [2.24, 2.45) is 5.41 Å². The van der Waals surface area contributed by atoms with Crippen LogP contribution >= 0.6 is 0 Å². The van der Waals surface area contributed by atoms with Crippen LogP contribution < -0.4 is 19.7 Å². The quantitative estimate of drug-likeness (QED) is 0.530. The van der Waals surface area contributed by atoms with Gasteiger partial charge in [-0.1, -0.05) is 0 Å². The second kappa shape index (κ2) is 9.39. The molecule has 180 valence electrons. The van der Waals surface area contributed by atoms with Gasteiger partial charge >= 0.3 is 0 Å². The van der Waals surface area contributed by atoms with Gasteiger partial charge in [0.2, 0.25) is 0 Å². The molecule has 1 N–H and O–H groups in total. The Morgan fingerprint density at radius 3 is 2.62 bits per heavy atom. The minimum absolute atomic E-state index is 0.213. The highest BCUT2D eigenvalue weighted by Crippen LogP contribution is 2.44. The van der Waals surface area contributed by atoms with Crippen LogP contribution in [0.2, 0.25) is 0 Å². The molecule has 34 heavy (non-hydrogen) atoms. The molecule has 3 heterocycles. The van der Waals surface area contributed by atoms with Crippen LogP contribution in [0.1, 0.15) is 12.8 Å². The van der Waals surface area contributed by atoms with E-state index in [1.54, 1.807) is 12.1 Å². The van der Waals surface area contributed by atoms with Gasteiger partial charge in [-0.05, 0) is 69.9 Å². The molecule has 1 spiro atoms. The molecule has 0 amide bonds. The second-order valence-electron chi connectivity index (χ2n) is 9.70. The molecular formula is C27H33FN4O2. The van der Waals surface area contributed by atoms with Crippen molar-refractivity contribution in [1.82, 2.24) is 15.2 Å². The Labute approximate surface area is 200 Å². The Morgan fingerprint density at radius 1 is 1.12 bits per heavy atom. The molecule has 0 bridgehead atoms. The third-order valence-electron chi connectivity index (χ3n) is 7.08. The highest BCUT2D eigenvalue weighted by atomic mass is 19.1. The SMILES string of the molecule is CNCCOc1ccc(-c2cc(N3CC4(CCCN(C)C4)C3)c3cc(F)c(OC)cc3n2)cc1. The van der Waals surface area contributed by atoms with E-state index < -0.39 is 0 Å². The number of hydrogen-bond donors (Lipinski definition) is 1. The second-order valence-corrected chi connectivity index (χ2v) is 9.70. The van der Waals surface area contributed by atoms with Gasteiger partial charge in [0.05, 0.1) is 18.3 Å². The Kier molecular flexibility index (Phi) is 6.32. The molecule has 0 aliphatic carbocycles. The minimum atomic E-state index is -0.360. The van der Waals surface area contributed by atoms with Crippen LogP contribution in [0.3, 0.4) is 0 Å². The van der Waals surface area contributed by atoms with Gasteiger partial charge in [0.25, 0.3) is 0 Å². The number of aromatic nitrogens is 1. The standard InChI is InChI=1S/C27H33FN4O2/c1-29-10-12-34-20-7-5-19(6-8-20)23-14-25(21-13-22(28)26(33-3)15-24(21)30-23)32-17-27(18-32)9-4-11-31(2)16-27/h5-8,13-15,29H,4,9-12,16-18H2,1-3H3. The average Bonchev–Trinajstić information content (AvgIpc) is 2.82. The lowest BCUT2D eigenvalue weighted by Crippen LogP contribution is -2.62. The molecule has 7 heteroatoms. The fraction of sp³-hybridized carbons (Fsp3) is 0.444. The Bertz CT molecular complexity index is 1160. The van der Waals surface area contributed by atoms with Gasteiger partial charge in [-0.25, -0.2) is 9.37 Å². The molecule has 0 saturated carbocycles. The van der Waals surface area contributed by atoms with E-state index in [1.165, 1.54) is 26.5 Å². The van der Waals surface area contributed by atoms with E-state index in [2.05, 4.69) is 28.2 Å². The molecule has 0 unspecified atom stereocenters.